The molecule has 0 amide bonds. The van der Waals surface area contributed by atoms with Gasteiger partial charge in [-0.15, -0.1) is 0 Å². The molecule has 10 nitrogen and oxygen atoms in total. The number of ether oxygens (including phenoxy) is 4. The first-order valence-electron chi connectivity index (χ1n) is 17.9. The van der Waals surface area contributed by atoms with Gasteiger partial charge in [-0.1, -0.05) is 30.3 Å². The molecule has 0 aliphatic carbocycles. The quantitative estimate of drug-likeness (QED) is 0.0820. The lowest BCUT2D eigenvalue weighted by Gasteiger charge is -2.22. The van der Waals surface area contributed by atoms with E-state index in [4.69, 9.17) is 27.8 Å². The summed E-state index contributed by atoms with van der Waals surface area (Å²) in [5, 5.41) is 1.13. The van der Waals surface area contributed by atoms with Gasteiger partial charge in [0, 0.05) is 55.3 Å². The smallest absolute Gasteiger partial charge is 0.193 e. The fourth-order valence-corrected chi connectivity index (χ4v) is 5.97. The average molecular weight is 725 g/mol. The third kappa shape index (κ3) is 9.67. The van der Waals surface area contributed by atoms with Gasteiger partial charge in [-0.2, -0.15) is 0 Å². The van der Waals surface area contributed by atoms with Gasteiger partial charge in [-0.3, -0.25) is 19.5 Å². The lowest BCUT2D eigenvalue weighted by atomic mass is 10.1. The number of hydrogen-bond acceptors (Lipinski definition) is 10. The highest BCUT2D eigenvalue weighted by Gasteiger charge is 2.10. The van der Waals surface area contributed by atoms with Crippen molar-refractivity contribution in [3.05, 3.63) is 160 Å². The summed E-state index contributed by atoms with van der Waals surface area (Å²) in [4.78, 5) is 31.5. The van der Waals surface area contributed by atoms with E-state index in [1.165, 1.54) is 12.1 Å². The summed E-state index contributed by atoms with van der Waals surface area (Å²) in [6, 6.07) is 36.4. The largest absolute Gasteiger partial charge is 0.491 e. The minimum Gasteiger partial charge on any atom is -0.491 e. The van der Waals surface area contributed by atoms with E-state index in [9.17, 15) is 9.59 Å². The predicted molar refractivity (Wildman–Crippen MR) is 208 cm³/mol. The number of rotatable bonds is 18. The Morgan fingerprint density at radius 3 is 1.52 bits per heavy atom. The van der Waals surface area contributed by atoms with Crippen LogP contribution in [0.2, 0.25) is 0 Å². The van der Waals surface area contributed by atoms with Crippen LogP contribution in [0.25, 0.3) is 44.6 Å². The summed E-state index contributed by atoms with van der Waals surface area (Å²) in [7, 11) is 0. The lowest BCUT2D eigenvalue weighted by Crippen LogP contribution is -2.31. The third-order valence-electron chi connectivity index (χ3n) is 8.77. The maximum atomic E-state index is 12.5. The number of nitrogens with zero attached hydrogens (tertiary/aromatic N) is 2. The summed E-state index contributed by atoms with van der Waals surface area (Å²) in [5.74, 6) is 2.44. The van der Waals surface area contributed by atoms with Crippen LogP contribution in [0, 0.1) is 0 Å². The van der Waals surface area contributed by atoms with Crippen molar-refractivity contribution in [1.29, 1.82) is 0 Å². The Bertz CT molecular complexity index is 2230. The highest BCUT2D eigenvalue weighted by molar-refractivity contribution is 5.79. The second kappa shape index (κ2) is 18.1. The lowest BCUT2D eigenvalue weighted by molar-refractivity contribution is 0.0533. The SMILES string of the molecule is O=c1cc(-c2ccc(OCCOCCN(CCOCCOc3ccc(-c4cc(=O)c5ccccc5o4)cc3)Cc3cccnc3)cc2)oc2ccccc12. The number of pyridine rings is 1. The van der Waals surface area contributed by atoms with Crippen molar-refractivity contribution in [3.8, 4) is 34.1 Å². The van der Waals surface area contributed by atoms with Gasteiger partial charge in [-0.05, 0) is 84.4 Å². The van der Waals surface area contributed by atoms with E-state index in [2.05, 4.69) is 16.0 Å². The normalized spacial score (nSPS) is 11.4. The molecule has 3 heterocycles. The maximum absolute atomic E-state index is 12.5. The second-order valence-electron chi connectivity index (χ2n) is 12.5. The molecule has 0 saturated heterocycles. The molecule has 0 aliphatic rings. The zero-order chi connectivity index (χ0) is 37.0. The molecule has 0 radical (unpaired) electrons. The second-order valence-corrected chi connectivity index (χ2v) is 12.5. The number of para-hydroxylation sites is 2. The molecule has 7 aromatic rings. The number of aromatic nitrogens is 1. The monoisotopic (exact) mass is 724 g/mol. The molecule has 0 N–H and O–H groups in total. The zero-order valence-electron chi connectivity index (χ0n) is 29.7. The Morgan fingerprint density at radius 1 is 0.537 bits per heavy atom. The van der Waals surface area contributed by atoms with Crippen molar-refractivity contribution in [2.45, 2.75) is 6.54 Å². The van der Waals surface area contributed by atoms with Gasteiger partial charge in [0.25, 0.3) is 0 Å². The molecule has 0 spiro atoms. The van der Waals surface area contributed by atoms with Crippen LogP contribution >= 0.6 is 0 Å². The van der Waals surface area contributed by atoms with Crippen LogP contribution < -0.4 is 20.3 Å². The summed E-state index contributed by atoms with van der Waals surface area (Å²) in [6.07, 6.45) is 3.64. The van der Waals surface area contributed by atoms with Crippen molar-refractivity contribution < 1.29 is 27.8 Å². The minimum absolute atomic E-state index is 0.0719. The van der Waals surface area contributed by atoms with Gasteiger partial charge >= 0.3 is 0 Å². The van der Waals surface area contributed by atoms with Crippen molar-refractivity contribution in [3.63, 3.8) is 0 Å². The van der Waals surface area contributed by atoms with Crippen molar-refractivity contribution in [2.24, 2.45) is 0 Å². The van der Waals surface area contributed by atoms with E-state index in [0.717, 1.165) is 23.2 Å². The molecule has 0 aliphatic heterocycles. The van der Waals surface area contributed by atoms with Crippen LogP contribution in [0.4, 0.5) is 0 Å². The highest BCUT2D eigenvalue weighted by atomic mass is 16.5. The molecule has 7 rings (SSSR count). The molecule has 0 atom stereocenters. The molecule has 3 aromatic heterocycles. The topological polar surface area (TPSA) is 113 Å². The van der Waals surface area contributed by atoms with Gasteiger partial charge in [-0.25, -0.2) is 0 Å². The Morgan fingerprint density at radius 2 is 1.04 bits per heavy atom. The van der Waals surface area contributed by atoms with E-state index in [1.54, 1.807) is 30.5 Å². The van der Waals surface area contributed by atoms with Gasteiger partial charge in [0.1, 0.15) is 47.4 Å². The predicted octanol–water partition coefficient (Wildman–Crippen LogP) is 7.62. The first-order valence-corrected chi connectivity index (χ1v) is 17.9. The Balaban J connectivity index is 0.813. The van der Waals surface area contributed by atoms with Crippen LogP contribution in [0.15, 0.2) is 152 Å². The molecule has 4 aromatic carbocycles. The molecule has 0 saturated carbocycles. The van der Waals surface area contributed by atoms with E-state index in [1.807, 2.05) is 85.1 Å². The maximum Gasteiger partial charge on any atom is 0.193 e. The molecule has 10 heteroatoms. The Hall–Kier alpha value is -6.07. The number of fused-ring (bicyclic) bond motifs is 2. The number of hydrogen-bond donors (Lipinski definition) is 0. The summed E-state index contributed by atoms with van der Waals surface area (Å²) in [5.41, 5.74) is 3.69. The number of benzene rings is 4. The average Bonchev–Trinajstić information content (AvgIpc) is 3.21. The van der Waals surface area contributed by atoms with Gasteiger partial charge in [0.15, 0.2) is 10.9 Å². The fraction of sp³-hybridized carbons (Fsp3) is 0.205. The van der Waals surface area contributed by atoms with Crippen molar-refractivity contribution in [1.82, 2.24) is 9.88 Å². The van der Waals surface area contributed by atoms with Crippen LogP contribution in [0.3, 0.4) is 0 Å². The summed E-state index contributed by atoms with van der Waals surface area (Å²) in [6.45, 7) is 4.89. The van der Waals surface area contributed by atoms with E-state index < -0.39 is 0 Å². The standard InChI is InChI=1S/C44H40N2O8/c47-39-28-43(53-41-9-3-1-7-37(39)41)33-11-15-35(16-12-33)51-26-24-49-22-20-46(31-32-6-5-19-45-30-32)21-23-50-25-27-52-36-17-13-34(14-18-36)44-29-40(48)38-8-2-4-10-42(38)54-44/h1-19,28-30H,20-27,31H2. The van der Waals surface area contributed by atoms with E-state index in [-0.39, 0.29) is 10.9 Å². The Kier molecular flexibility index (Phi) is 12.2. The van der Waals surface area contributed by atoms with Crippen LogP contribution in [-0.4, -0.2) is 62.6 Å². The zero-order valence-corrected chi connectivity index (χ0v) is 29.7. The van der Waals surface area contributed by atoms with Gasteiger partial charge < -0.3 is 27.8 Å². The van der Waals surface area contributed by atoms with E-state index >= 15 is 0 Å². The molecule has 0 fully saturated rings. The molecule has 274 valence electrons. The fourth-order valence-electron chi connectivity index (χ4n) is 5.97. The highest BCUT2D eigenvalue weighted by Crippen LogP contribution is 2.26. The Labute approximate surface area is 312 Å². The molecular weight excluding hydrogens is 684 g/mol. The van der Waals surface area contributed by atoms with E-state index in [0.29, 0.717) is 97.7 Å². The van der Waals surface area contributed by atoms with Gasteiger partial charge in [0.2, 0.25) is 0 Å². The van der Waals surface area contributed by atoms with Crippen molar-refractivity contribution >= 4 is 21.9 Å². The first kappa shape index (κ1) is 36.3. The third-order valence-corrected chi connectivity index (χ3v) is 8.77. The van der Waals surface area contributed by atoms with Gasteiger partial charge in [0.05, 0.1) is 37.2 Å². The van der Waals surface area contributed by atoms with Crippen LogP contribution in [0.5, 0.6) is 11.5 Å². The first-order chi connectivity index (χ1) is 26.6. The minimum atomic E-state index is -0.0719. The van der Waals surface area contributed by atoms with Crippen LogP contribution in [0.1, 0.15) is 5.56 Å². The molecule has 0 bridgehead atoms. The molecule has 54 heavy (non-hydrogen) atoms. The van der Waals surface area contributed by atoms with Crippen molar-refractivity contribution in [2.75, 3.05) is 52.7 Å². The summed E-state index contributed by atoms with van der Waals surface area (Å²) < 4.78 is 35.5. The van der Waals surface area contributed by atoms with Crippen LogP contribution in [-0.2, 0) is 16.0 Å². The molecular formula is C44H40N2O8. The summed E-state index contributed by atoms with van der Waals surface area (Å²) >= 11 is 0. The molecule has 0 unspecified atom stereocenters.